The number of likely N-dealkylation sites (tertiary alicyclic amines) is 2. The summed E-state index contributed by atoms with van der Waals surface area (Å²) in [6, 6.07) is 16.8. The number of hydrogen-bond acceptors (Lipinski definition) is 3. The Morgan fingerprint density at radius 1 is 0.967 bits per heavy atom. The summed E-state index contributed by atoms with van der Waals surface area (Å²) in [5, 5.41) is 0. The van der Waals surface area contributed by atoms with Crippen LogP contribution in [-0.2, 0) is 11.2 Å². The first-order valence-electron chi connectivity index (χ1n) is 11.3. The number of benzene rings is 2. The molecule has 0 bridgehead atoms. The summed E-state index contributed by atoms with van der Waals surface area (Å²) < 4.78 is 5.23. The summed E-state index contributed by atoms with van der Waals surface area (Å²) in [5.41, 5.74) is 3.71. The van der Waals surface area contributed by atoms with Crippen LogP contribution in [0.4, 0.5) is 0 Å². The molecule has 0 radical (unpaired) electrons. The highest BCUT2D eigenvalue weighted by Crippen LogP contribution is 2.34. The average Bonchev–Trinajstić information content (AvgIpc) is 3.19. The zero-order valence-electron chi connectivity index (χ0n) is 18.3. The molecule has 2 aromatic carbocycles. The van der Waals surface area contributed by atoms with E-state index < -0.39 is 0 Å². The molecule has 2 heterocycles. The lowest BCUT2D eigenvalue weighted by Gasteiger charge is -2.31. The Bertz CT molecular complexity index is 825. The summed E-state index contributed by atoms with van der Waals surface area (Å²) >= 11 is 0. The standard InChI is InChI=1S/C26H34N2O2/c1-20-6-10-22(11-7-20)25-19-28(18-23(25)17-27-14-4-3-5-15-27)26(29)16-21-8-12-24(30-2)13-9-21/h6-13,23,25H,3-5,14-19H2,1-2H3/t23-,25+/m1/s1. The lowest BCUT2D eigenvalue weighted by atomic mass is 9.88. The number of nitrogens with zero attached hydrogens (tertiary/aromatic N) is 2. The van der Waals surface area contributed by atoms with Gasteiger partial charge in [-0.2, -0.15) is 0 Å². The minimum Gasteiger partial charge on any atom is -0.497 e. The monoisotopic (exact) mass is 406 g/mol. The van der Waals surface area contributed by atoms with Crippen molar-refractivity contribution < 1.29 is 9.53 Å². The van der Waals surface area contributed by atoms with Gasteiger partial charge in [0.1, 0.15) is 5.75 Å². The second-order valence-electron chi connectivity index (χ2n) is 8.96. The van der Waals surface area contributed by atoms with E-state index in [0.717, 1.165) is 30.9 Å². The molecule has 0 N–H and O–H groups in total. The van der Waals surface area contributed by atoms with Gasteiger partial charge in [-0.25, -0.2) is 0 Å². The fourth-order valence-corrected chi connectivity index (χ4v) is 4.95. The van der Waals surface area contributed by atoms with Crippen molar-refractivity contribution in [3.8, 4) is 5.75 Å². The minimum atomic E-state index is 0.235. The zero-order valence-corrected chi connectivity index (χ0v) is 18.3. The van der Waals surface area contributed by atoms with E-state index in [-0.39, 0.29) is 5.91 Å². The lowest BCUT2D eigenvalue weighted by molar-refractivity contribution is -0.129. The van der Waals surface area contributed by atoms with Crippen LogP contribution < -0.4 is 4.74 Å². The molecule has 0 unspecified atom stereocenters. The number of methoxy groups -OCH3 is 1. The second-order valence-corrected chi connectivity index (χ2v) is 8.96. The van der Waals surface area contributed by atoms with E-state index in [9.17, 15) is 4.79 Å². The fourth-order valence-electron chi connectivity index (χ4n) is 4.95. The van der Waals surface area contributed by atoms with Gasteiger partial charge in [0.25, 0.3) is 0 Å². The molecule has 1 amide bonds. The highest BCUT2D eigenvalue weighted by molar-refractivity contribution is 5.79. The van der Waals surface area contributed by atoms with Crippen LogP contribution in [0.1, 0.15) is 41.9 Å². The van der Waals surface area contributed by atoms with Crippen LogP contribution >= 0.6 is 0 Å². The van der Waals surface area contributed by atoms with Crippen molar-refractivity contribution in [1.82, 2.24) is 9.80 Å². The molecule has 4 rings (SSSR count). The van der Waals surface area contributed by atoms with E-state index in [1.165, 1.54) is 43.5 Å². The Balaban J connectivity index is 1.46. The second kappa shape index (κ2) is 9.65. The molecule has 4 heteroatoms. The summed E-state index contributed by atoms with van der Waals surface area (Å²) in [6.45, 7) is 7.34. The number of piperidine rings is 1. The first kappa shape index (κ1) is 20.9. The molecule has 2 fully saturated rings. The Morgan fingerprint density at radius 2 is 1.67 bits per heavy atom. The van der Waals surface area contributed by atoms with Crippen molar-refractivity contribution in [2.45, 2.75) is 38.5 Å². The van der Waals surface area contributed by atoms with Crippen LogP contribution in [0.2, 0.25) is 0 Å². The predicted octanol–water partition coefficient (Wildman–Crippen LogP) is 4.27. The molecule has 2 saturated heterocycles. The van der Waals surface area contributed by atoms with Crippen LogP contribution in [0.5, 0.6) is 5.75 Å². The van der Waals surface area contributed by atoms with Crippen molar-refractivity contribution in [3.63, 3.8) is 0 Å². The molecule has 0 aliphatic carbocycles. The number of hydrogen-bond donors (Lipinski definition) is 0. The van der Waals surface area contributed by atoms with E-state index in [1.807, 2.05) is 24.3 Å². The van der Waals surface area contributed by atoms with Crippen LogP contribution in [0.3, 0.4) is 0 Å². The molecule has 0 aromatic heterocycles. The quantitative estimate of drug-likeness (QED) is 0.718. The van der Waals surface area contributed by atoms with Gasteiger partial charge in [0.05, 0.1) is 13.5 Å². The Kier molecular flexibility index (Phi) is 6.73. The molecule has 2 atom stereocenters. The Labute approximate surface area is 180 Å². The number of ether oxygens (including phenoxy) is 1. The van der Waals surface area contributed by atoms with E-state index in [1.54, 1.807) is 7.11 Å². The summed E-state index contributed by atoms with van der Waals surface area (Å²) in [5.74, 6) is 1.99. The van der Waals surface area contributed by atoms with Crippen LogP contribution in [-0.4, -0.2) is 55.5 Å². The molecule has 160 valence electrons. The highest BCUT2D eigenvalue weighted by Gasteiger charge is 2.37. The summed E-state index contributed by atoms with van der Waals surface area (Å²) in [6.07, 6.45) is 4.43. The molecule has 4 nitrogen and oxygen atoms in total. The number of carbonyl (C=O) groups excluding carboxylic acids is 1. The number of carbonyl (C=O) groups is 1. The molecule has 0 spiro atoms. The smallest absolute Gasteiger partial charge is 0.227 e. The van der Waals surface area contributed by atoms with Crippen molar-refractivity contribution in [3.05, 3.63) is 65.2 Å². The molecule has 0 saturated carbocycles. The molecule has 2 aliphatic rings. The third kappa shape index (κ3) is 5.04. The van der Waals surface area contributed by atoms with Gasteiger partial charge in [-0.1, -0.05) is 48.4 Å². The van der Waals surface area contributed by atoms with E-state index in [2.05, 4.69) is 41.0 Å². The maximum Gasteiger partial charge on any atom is 0.227 e. The molecular weight excluding hydrogens is 372 g/mol. The van der Waals surface area contributed by atoms with Crippen LogP contribution in [0.15, 0.2) is 48.5 Å². The van der Waals surface area contributed by atoms with Crippen molar-refractivity contribution in [2.24, 2.45) is 5.92 Å². The van der Waals surface area contributed by atoms with Crippen molar-refractivity contribution in [2.75, 3.05) is 39.8 Å². The lowest BCUT2D eigenvalue weighted by Crippen LogP contribution is -2.37. The predicted molar refractivity (Wildman–Crippen MR) is 121 cm³/mol. The summed E-state index contributed by atoms with van der Waals surface area (Å²) in [7, 11) is 1.66. The van der Waals surface area contributed by atoms with Crippen molar-refractivity contribution >= 4 is 5.91 Å². The first-order chi connectivity index (χ1) is 14.6. The average molecular weight is 407 g/mol. The van der Waals surface area contributed by atoms with Crippen LogP contribution in [0, 0.1) is 12.8 Å². The number of rotatable bonds is 6. The van der Waals surface area contributed by atoms with Gasteiger partial charge in [0.15, 0.2) is 0 Å². The SMILES string of the molecule is COc1ccc(CC(=O)N2C[C@@H](CN3CCCCC3)[C@H](c3ccc(C)cc3)C2)cc1. The van der Waals surface area contributed by atoms with Crippen LogP contribution in [0.25, 0.3) is 0 Å². The Morgan fingerprint density at radius 3 is 2.33 bits per heavy atom. The van der Waals surface area contributed by atoms with Gasteiger partial charge in [-0.3, -0.25) is 4.79 Å². The third-order valence-corrected chi connectivity index (χ3v) is 6.76. The number of amides is 1. The topological polar surface area (TPSA) is 32.8 Å². The van der Waals surface area contributed by atoms with E-state index >= 15 is 0 Å². The van der Waals surface area contributed by atoms with Gasteiger partial charge < -0.3 is 14.5 Å². The number of aryl methyl sites for hydroxylation is 1. The minimum absolute atomic E-state index is 0.235. The third-order valence-electron chi connectivity index (χ3n) is 6.76. The van der Waals surface area contributed by atoms with Gasteiger partial charge in [-0.05, 0) is 62.0 Å². The van der Waals surface area contributed by atoms with Gasteiger partial charge >= 0.3 is 0 Å². The summed E-state index contributed by atoms with van der Waals surface area (Å²) in [4.78, 5) is 17.8. The van der Waals surface area contributed by atoms with Gasteiger partial charge in [0, 0.05) is 25.6 Å². The molecule has 2 aliphatic heterocycles. The maximum atomic E-state index is 13.1. The fraction of sp³-hybridized carbons (Fsp3) is 0.500. The maximum absolute atomic E-state index is 13.1. The largest absolute Gasteiger partial charge is 0.497 e. The van der Waals surface area contributed by atoms with E-state index in [0.29, 0.717) is 18.3 Å². The molecule has 2 aromatic rings. The normalized spacial score (nSPS) is 22.3. The van der Waals surface area contributed by atoms with Crippen molar-refractivity contribution in [1.29, 1.82) is 0 Å². The van der Waals surface area contributed by atoms with E-state index in [4.69, 9.17) is 4.74 Å². The molecular formula is C26H34N2O2. The highest BCUT2D eigenvalue weighted by atomic mass is 16.5. The van der Waals surface area contributed by atoms with Gasteiger partial charge in [-0.15, -0.1) is 0 Å². The van der Waals surface area contributed by atoms with Gasteiger partial charge in [0.2, 0.25) is 5.91 Å². The molecule has 30 heavy (non-hydrogen) atoms. The Hall–Kier alpha value is -2.33. The first-order valence-corrected chi connectivity index (χ1v) is 11.3. The zero-order chi connectivity index (χ0) is 20.9.